The molecule has 2 fully saturated rings. The molecule has 0 radical (unpaired) electrons. The van der Waals surface area contributed by atoms with Crippen molar-refractivity contribution in [1.29, 1.82) is 0 Å². The van der Waals surface area contributed by atoms with Crippen molar-refractivity contribution in [3.63, 3.8) is 0 Å². The molecule has 1 N–H and O–H groups in total. The number of aromatic nitrogens is 2. The third-order valence-electron chi connectivity index (χ3n) is 5.45. The molecule has 1 aromatic heterocycles. The van der Waals surface area contributed by atoms with Crippen LogP contribution in [-0.2, 0) is 17.8 Å². The number of hydrogen-bond donors (Lipinski definition) is 1. The fourth-order valence-corrected chi connectivity index (χ4v) is 3.73. The second-order valence-electron chi connectivity index (χ2n) is 7.34. The van der Waals surface area contributed by atoms with Crippen LogP contribution < -0.4 is 10.2 Å². The fraction of sp³-hybridized carbons (Fsp3) is 0.476. The van der Waals surface area contributed by atoms with Crippen LogP contribution in [0.3, 0.4) is 0 Å². The maximum Gasteiger partial charge on any atom is 0.317 e. The number of urea groups is 1. The molecule has 2 amide bonds. The number of carbonyl (C=O) groups is 1. The lowest BCUT2D eigenvalue weighted by atomic mass is 10.1. The van der Waals surface area contributed by atoms with E-state index >= 15 is 0 Å². The van der Waals surface area contributed by atoms with E-state index in [1.54, 1.807) is 12.4 Å². The topological polar surface area (TPSA) is 73.8 Å². The van der Waals surface area contributed by atoms with Gasteiger partial charge in [-0.2, -0.15) is 0 Å². The molecule has 0 unspecified atom stereocenters. The number of nitrogens with one attached hydrogen (secondary N) is 1. The highest BCUT2D eigenvalue weighted by Crippen LogP contribution is 2.14. The van der Waals surface area contributed by atoms with Gasteiger partial charge in [0.25, 0.3) is 0 Å². The average Bonchev–Trinajstić information content (AvgIpc) is 2.80. The highest BCUT2D eigenvalue weighted by molar-refractivity contribution is 5.74. The van der Waals surface area contributed by atoms with E-state index in [0.717, 1.165) is 51.9 Å². The summed E-state index contributed by atoms with van der Waals surface area (Å²) >= 11 is 0. The molecule has 0 spiro atoms. The SMILES string of the molecule is O=C(NCc1ccccc1CN1CCOCC1)N1CCN(c2ncccn2)CC1. The Morgan fingerprint density at radius 1 is 0.931 bits per heavy atom. The highest BCUT2D eigenvalue weighted by atomic mass is 16.5. The second-order valence-corrected chi connectivity index (χ2v) is 7.34. The fourth-order valence-electron chi connectivity index (χ4n) is 3.73. The smallest absolute Gasteiger partial charge is 0.317 e. The summed E-state index contributed by atoms with van der Waals surface area (Å²) in [7, 11) is 0. The van der Waals surface area contributed by atoms with E-state index in [1.165, 1.54) is 11.1 Å². The molecule has 154 valence electrons. The number of benzene rings is 1. The molecule has 2 aromatic rings. The first-order chi connectivity index (χ1) is 14.3. The van der Waals surface area contributed by atoms with Crippen LogP contribution in [0.2, 0.25) is 0 Å². The summed E-state index contributed by atoms with van der Waals surface area (Å²) in [4.78, 5) is 27.6. The lowest BCUT2D eigenvalue weighted by Gasteiger charge is -2.34. The van der Waals surface area contributed by atoms with Crippen LogP contribution >= 0.6 is 0 Å². The summed E-state index contributed by atoms with van der Waals surface area (Å²) in [5.74, 6) is 0.726. The number of nitrogens with zero attached hydrogens (tertiary/aromatic N) is 5. The van der Waals surface area contributed by atoms with Crippen LogP contribution in [0.1, 0.15) is 11.1 Å². The zero-order chi connectivity index (χ0) is 19.9. The van der Waals surface area contributed by atoms with Gasteiger partial charge >= 0.3 is 6.03 Å². The molecule has 4 rings (SSSR count). The first kappa shape index (κ1) is 19.6. The minimum Gasteiger partial charge on any atom is -0.379 e. The van der Waals surface area contributed by atoms with Crippen LogP contribution in [0.25, 0.3) is 0 Å². The van der Waals surface area contributed by atoms with Gasteiger partial charge < -0.3 is 19.9 Å². The number of carbonyl (C=O) groups excluding carboxylic acids is 1. The molecular weight excluding hydrogens is 368 g/mol. The summed E-state index contributed by atoms with van der Waals surface area (Å²) in [6, 6.07) is 10.1. The van der Waals surface area contributed by atoms with Gasteiger partial charge in [-0.15, -0.1) is 0 Å². The second kappa shape index (κ2) is 9.67. The van der Waals surface area contributed by atoms with Gasteiger partial charge in [0.15, 0.2) is 0 Å². The van der Waals surface area contributed by atoms with E-state index in [1.807, 2.05) is 17.0 Å². The number of amides is 2. The van der Waals surface area contributed by atoms with Crippen LogP contribution in [0.15, 0.2) is 42.7 Å². The quantitative estimate of drug-likeness (QED) is 0.822. The van der Waals surface area contributed by atoms with E-state index in [-0.39, 0.29) is 6.03 Å². The molecule has 3 heterocycles. The number of anilines is 1. The van der Waals surface area contributed by atoms with Gasteiger partial charge in [0, 0.05) is 64.8 Å². The standard InChI is InChI=1S/C21H28N6O2/c28-21(27-10-8-26(9-11-27)20-22-6-3-7-23-20)24-16-18-4-1-2-5-19(18)17-25-12-14-29-15-13-25/h1-7H,8-17H2,(H,24,28). The number of morpholine rings is 1. The van der Waals surface area contributed by atoms with E-state index in [0.29, 0.717) is 19.6 Å². The van der Waals surface area contributed by atoms with Crippen molar-refractivity contribution in [1.82, 2.24) is 25.1 Å². The average molecular weight is 396 g/mol. The summed E-state index contributed by atoms with van der Waals surface area (Å²) in [6.45, 7) is 7.74. The number of ether oxygens (including phenoxy) is 1. The molecule has 29 heavy (non-hydrogen) atoms. The Labute approximate surface area is 171 Å². The molecule has 8 nitrogen and oxygen atoms in total. The first-order valence-electron chi connectivity index (χ1n) is 10.2. The minimum absolute atomic E-state index is 0.0141. The molecule has 0 aliphatic carbocycles. The van der Waals surface area contributed by atoms with Gasteiger partial charge in [0.1, 0.15) is 0 Å². The number of rotatable bonds is 5. The summed E-state index contributed by atoms with van der Waals surface area (Å²) in [5, 5.41) is 3.09. The molecule has 0 bridgehead atoms. The summed E-state index contributed by atoms with van der Waals surface area (Å²) in [6.07, 6.45) is 3.49. The minimum atomic E-state index is -0.0141. The van der Waals surface area contributed by atoms with Crippen molar-refractivity contribution in [3.05, 3.63) is 53.9 Å². The monoisotopic (exact) mass is 396 g/mol. The van der Waals surface area contributed by atoms with E-state index in [2.05, 4.69) is 43.3 Å². The number of piperazine rings is 1. The largest absolute Gasteiger partial charge is 0.379 e. The molecule has 8 heteroatoms. The Balaban J connectivity index is 1.28. The molecule has 0 atom stereocenters. The number of hydrogen-bond acceptors (Lipinski definition) is 6. The maximum absolute atomic E-state index is 12.7. The Hall–Kier alpha value is -2.71. The zero-order valence-electron chi connectivity index (χ0n) is 16.7. The molecule has 2 aliphatic rings. The maximum atomic E-state index is 12.7. The molecule has 2 saturated heterocycles. The highest BCUT2D eigenvalue weighted by Gasteiger charge is 2.22. The lowest BCUT2D eigenvalue weighted by molar-refractivity contribution is 0.0341. The molecular formula is C21H28N6O2. The third kappa shape index (κ3) is 5.21. The molecule has 2 aliphatic heterocycles. The van der Waals surface area contributed by atoms with Crippen molar-refractivity contribution in [2.45, 2.75) is 13.1 Å². The van der Waals surface area contributed by atoms with Crippen LogP contribution in [0.5, 0.6) is 0 Å². The van der Waals surface area contributed by atoms with Crippen molar-refractivity contribution in [3.8, 4) is 0 Å². The van der Waals surface area contributed by atoms with E-state index in [4.69, 9.17) is 4.74 Å². The van der Waals surface area contributed by atoms with Crippen LogP contribution in [-0.4, -0.2) is 78.3 Å². The Kier molecular flexibility index (Phi) is 6.53. The van der Waals surface area contributed by atoms with Crippen LogP contribution in [0.4, 0.5) is 10.7 Å². The van der Waals surface area contributed by atoms with E-state index in [9.17, 15) is 4.79 Å². The van der Waals surface area contributed by atoms with Gasteiger partial charge in [-0.1, -0.05) is 24.3 Å². The summed E-state index contributed by atoms with van der Waals surface area (Å²) in [5.41, 5.74) is 2.43. The Bertz CT molecular complexity index is 789. The van der Waals surface area contributed by atoms with Crippen molar-refractivity contribution in [2.75, 3.05) is 57.4 Å². The Morgan fingerprint density at radius 2 is 1.62 bits per heavy atom. The van der Waals surface area contributed by atoms with Crippen LogP contribution in [0, 0.1) is 0 Å². The first-order valence-corrected chi connectivity index (χ1v) is 10.2. The molecule has 1 aromatic carbocycles. The third-order valence-corrected chi connectivity index (χ3v) is 5.45. The van der Waals surface area contributed by atoms with Gasteiger partial charge in [0.05, 0.1) is 13.2 Å². The van der Waals surface area contributed by atoms with Gasteiger partial charge in [-0.25, -0.2) is 14.8 Å². The van der Waals surface area contributed by atoms with Crippen molar-refractivity contribution in [2.24, 2.45) is 0 Å². The van der Waals surface area contributed by atoms with Gasteiger partial charge in [0.2, 0.25) is 5.95 Å². The lowest BCUT2D eigenvalue weighted by Crippen LogP contribution is -2.52. The predicted molar refractivity (Wildman–Crippen MR) is 111 cm³/mol. The van der Waals surface area contributed by atoms with Crippen molar-refractivity contribution < 1.29 is 9.53 Å². The van der Waals surface area contributed by atoms with Gasteiger partial charge in [-0.3, -0.25) is 4.90 Å². The van der Waals surface area contributed by atoms with Gasteiger partial charge in [-0.05, 0) is 17.2 Å². The summed E-state index contributed by atoms with van der Waals surface area (Å²) < 4.78 is 5.43. The zero-order valence-corrected chi connectivity index (χ0v) is 16.7. The Morgan fingerprint density at radius 3 is 2.34 bits per heavy atom. The normalized spacial score (nSPS) is 17.9. The predicted octanol–water partition coefficient (Wildman–Crippen LogP) is 1.34. The van der Waals surface area contributed by atoms with Crippen molar-refractivity contribution >= 4 is 12.0 Å². The molecule has 0 saturated carbocycles. The van der Waals surface area contributed by atoms with E-state index < -0.39 is 0 Å².